The Morgan fingerprint density at radius 2 is 1.76 bits per heavy atom. The molecule has 21 heavy (non-hydrogen) atoms. The van der Waals surface area contributed by atoms with Gasteiger partial charge in [-0.25, -0.2) is 4.98 Å². The number of oxazole rings is 1. The van der Waals surface area contributed by atoms with Gasteiger partial charge in [-0.3, -0.25) is 0 Å². The summed E-state index contributed by atoms with van der Waals surface area (Å²) in [5, 5.41) is 0.628. The summed E-state index contributed by atoms with van der Waals surface area (Å²) in [6, 6.07) is 5.55. The van der Waals surface area contributed by atoms with Crippen LogP contribution in [0.15, 0.2) is 35.2 Å². The molecule has 1 fully saturated rings. The summed E-state index contributed by atoms with van der Waals surface area (Å²) in [6.07, 6.45) is 3.07. The molecular weight excluding hydrogens is 288 g/mol. The summed E-state index contributed by atoms with van der Waals surface area (Å²) in [4.78, 5) is 3.96. The van der Waals surface area contributed by atoms with Gasteiger partial charge in [-0.2, -0.15) is 0 Å². The zero-order valence-electron chi connectivity index (χ0n) is 12.5. The molecule has 3 rings (SSSR count). The summed E-state index contributed by atoms with van der Waals surface area (Å²) < 4.78 is 17.6. The first-order valence-corrected chi connectivity index (χ1v) is 7.22. The molecule has 110 valence electrons. The number of benzene rings is 1. The van der Waals surface area contributed by atoms with Crippen molar-refractivity contribution in [3.63, 3.8) is 0 Å². The lowest BCUT2D eigenvalue weighted by Gasteiger charge is -2.32. The van der Waals surface area contributed by atoms with Gasteiger partial charge in [0.05, 0.1) is 17.4 Å². The third-order valence-corrected chi connectivity index (χ3v) is 4.45. The highest BCUT2D eigenvalue weighted by Gasteiger charge is 2.52. The van der Waals surface area contributed by atoms with Gasteiger partial charge in [-0.1, -0.05) is 17.7 Å². The topological polar surface area (TPSA) is 44.5 Å². The molecule has 6 heteroatoms. The first kappa shape index (κ1) is 14.6. The Bertz CT molecular complexity index is 639. The van der Waals surface area contributed by atoms with Gasteiger partial charge >= 0.3 is 7.12 Å². The van der Waals surface area contributed by atoms with Crippen LogP contribution in [0.3, 0.4) is 0 Å². The van der Waals surface area contributed by atoms with Crippen molar-refractivity contribution in [2.45, 2.75) is 38.9 Å². The minimum atomic E-state index is -0.492. The number of nitrogens with zero attached hydrogens (tertiary/aromatic N) is 1. The van der Waals surface area contributed by atoms with Crippen LogP contribution in [0.4, 0.5) is 0 Å². The van der Waals surface area contributed by atoms with E-state index in [4.69, 9.17) is 25.3 Å². The fourth-order valence-corrected chi connectivity index (χ4v) is 2.45. The van der Waals surface area contributed by atoms with Crippen LogP contribution in [0.1, 0.15) is 27.7 Å². The highest BCUT2D eigenvalue weighted by molar-refractivity contribution is 6.64. The van der Waals surface area contributed by atoms with Gasteiger partial charge in [0.1, 0.15) is 0 Å². The Kier molecular flexibility index (Phi) is 3.39. The molecule has 0 saturated carbocycles. The molecule has 4 nitrogen and oxygen atoms in total. The van der Waals surface area contributed by atoms with E-state index >= 15 is 0 Å². The van der Waals surface area contributed by atoms with Crippen molar-refractivity contribution in [2.24, 2.45) is 0 Å². The molecule has 0 atom stereocenters. The molecule has 0 aliphatic carbocycles. The van der Waals surface area contributed by atoms with Crippen LogP contribution >= 0.6 is 11.6 Å². The number of hydrogen-bond acceptors (Lipinski definition) is 4. The molecule has 1 aliphatic rings. The normalized spacial score (nSPS) is 20.0. The Morgan fingerprint density at radius 1 is 1.10 bits per heavy atom. The molecule has 0 amide bonds. The van der Waals surface area contributed by atoms with Crippen LogP contribution in [0.25, 0.3) is 11.3 Å². The molecule has 0 radical (unpaired) electrons. The fourth-order valence-electron chi connectivity index (χ4n) is 2.27. The van der Waals surface area contributed by atoms with Gasteiger partial charge in [0, 0.05) is 10.6 Å². The summed E-state index contributed by atoms with van der Waals surface area (Å²) in [7, 11) is -0.492. The van der Waals surface area contributed by atoms with Gasteiger partial charge in [0.15, 0.2) is 12.2 Å². The van der Waals surface area contributed by atoms with Crippen molar-refractivity contribution >= 4 is 24.2 Å². The first-order valence-electron chi connectivity index (χ1n) is 6.84. The second-order valence-corrected chi connectivity index (χ2v) is 6.62. The van der Waals surface area contributed by atoms with E-state index in [1.807, 2.05) is 45.9 Å². The smallest absolute Gasteiger partial charge is 0.444 e. The van der Waals surface area contributed by atoms with E-state index in [0.717, 1.165) is 11.0 Å². The summed E-state index contributed by atoms with van der Waals surface area (Å²) in [5.74, 6) is 0.663. The number of rotatable bonds is 2. The molecule has 2 heterocycles. The SMILES string of the molecule is CC1(C)OB(c2cc(Cl)ccc2-c2cnco2)OC1(C)C. The van der Waals surface area contributed by atoms with Crippen LogP contribution < -0.4 is 5.46 Å². The van der Waals surface area contributed by atoms with Crippen LogP contribution in [0.2, 0.25) is 5.02 Å². The number of halogens is 1. The first-order chi connectivity index (χ1) is 9.80. The van der Waals surface area contributed by atoms with Gasteiger partial charge in [-0.05, 0) is 45.3 Å². The Morgan fingerprint density at radius 3 is 2.33 bits per heavy atom. The molecule has 0 bridgehead atoms. The Balaban J connectivity index is 2.05. The zero-order chi connectivity index (χ0) is 15.3. The van der Waals surface area contributed by atoms with Crippen molar-refractivity contribution in [3.05, 3.63) is 35.8 Å². The number of hydrogen-bond donors (Lipinski definition) is 0. The maximum Gasteiger partial charge on any atom is 0.495 e. The second-order valence-electron chi connectivity index (χ2n) is 6.19. The lowest BCUT2D eigenvalue weighted by atomic mass is 9.75. The van der Waals surface area contributed by atoms with E-state index in [9.17, 15) is 0 Å². The van der Waals surface area contributed by atoms with Crippen LogP contribution in [0, 0.1) is 0 Å². The highest BCUT2D eigenvalue weighted by atomic mass is 35.5. The van der Waals surface area contributed by atoms with Gasteiger partial charge in [-0.15, -0.1) is 0 Å². The van der Waals surface area contributed by atoms with E-state index in [1.165, 1.54) is 6.39 Å². The van der Waals surface area contributed by atoms with E-state index in [0.29, 0.717) is 10.8 Å². The predicted octanol–water partition coefficient (Wildman–Crippen LogP) is 3.29. The highest BCUT2D eigenvalue weighted by Crippen LogP contribution is 2.37. The third kappa shape index (κ3) is 2.50. The maximum atomic E-state index is 6.14. The number of aromatic nitrogens is 1. The predicted molar refractivity (Wildman–Crippen MR) is 82.7 cm³/mol. The molecule has 0 unspecified atom stereocenters. The van der Waals surface area contributed by atoms with E-state index in [1.54, 1.807) is 6.20 Å². The molecule has 1 aliphatic heterocycles. The average molecular weight is 306 g/mol. The molecule has 1 saturated heterocycles. The third-order valence-electron chi connectivity index (χ3n) is 4.22. The van der Waals surface area contributed by atoms with Crippen molar-refractivity contribution in [1.29, 1.82) is 0 Å². The van der Waals surface area contributed by atoms with Crippen molar-refractivity contribution < 1.29 is 13.7 Å². The minimum Gasteiger partial charge on any atom is -0.444 e. The largest absolute Gasteiger partial charge is 0.495 e. The van der Waals surface area contributed by atoms with Gasteiger partial charge < -0.3 is 13.7 Å². The Hall–Kier alpha value is -1.30. The maximum absolute atomic E-state index is 6.14. The van der Waals surface area contributed by atoms with Gasteiger partial charge in [0.25, 0.3) is 0 Å². The lowest BCUT2D eigenvalue weighted by molar-refractivity contribution is 0.00578. The van der Waals surface area contributed by atoms with E-state index in [2.05, 4.69) is 4.98 Å². The van der Waals surface area contributed by atoms with E-state index < -0.39 is 18.3 Å². The molecule has 1 aromatic heterocycles. The van der Waals surface area contributed by atoms with E-state index in [-0.39, 0.29) is 0 Å². The van der Waals surface area contributed by atoms with Crippen molar-refractivity contribution in [3.8, 4) is 11.3 Å². The molecule has 2 aromatic rings. The summed E-state index contributed by atoms with van der Waals surface area (Å²) >= 11 is 6.14. The molecule has 0 spiro atoms. The average Bonchev–Trinajstić information content (AvgIpc) is 2.97. The standard InChI is InChI=1S/C15H17BClNO3/c1-14(2)15(3,4)21-16(20-14)12-7-10(17)5-6-11(12)13-8-18-9-19-13/h5-9H,1-4H3. The lowest BCUT2D eigenvalue weighted by Crippen LogP contribution is -2.41. The quantitative estimate of drug-likeness (QED) is 0.799. The molecular formula is C15H17BClNO3. The van der Waals surface area contributed by atoms with Crippen LogP contribution in [-0.2, 0) is 9.31 Å². The Labute approximate surface area is 129 Å². The zero-order valence-corrected chi connectivity index (χ0v) is 13.3. The summed E-state index contributed by atoms with van der Waals surface area (Å²) in [6.45, 7) is 8.08. The minimum absolute atomic E-state index is 0.404. The van der Waals surface area contributed by atoms with Crippen molar-refractivity contribution in [2.75, 3.05) is 0 Å². The van der Waals surface area contributed by atoms with Crippen molar-refractivity contribution in [1.82, 2.24) is 4.98 Å². The monoisotopic (exact) mass is 305 g/mol. The summed E-state index contributed by atoms with van der Waals surface area (Å²) in [5.41, 5.74) is 0.908. The van der Waals surface area contributed by atoms with Crippen LogP contribution in [0.5, 0.6) is 0 Å². The van der Waals surface area contributed by atoms with Crippen LogP contribution in [-0.4, -0.2) is 23.3 Å². The second kappa shape index (κ2) is 4.87. The molecule has 0 N–H and O–H groups in total. The molecule has 1 aromatic carbocycles. The van der Waals surface area contributed by atoms with Gasteiger partial charge in [0.2, 0.25) is 0 Å². The fraction of sp³-hybridized carbons (Fsp3) is 0.400.